The fraction of sp³-hybridized carbons (Fsp3) is 0.391. The van der Waals surface area contributed by atoms with Crippen molar-refractivity contribution in [3.8, 4) is 5.75 Å². The number of nitrogens with zero attached hydrogens (tertiary/aromatic N) is 2. The fourth-order valence-electron chi connectivity index (χ4n) is 4.39. The molecule has 2 amide bonds. The van der Waals surface area contributed by atoms with Crippen LogP contribution in [0.4, 0.5) is 5.69 Å². The number of nitrogens with one attached hydrogen (secondary N) is 1. The predicted molar refractivity (Wildman–Crippen MR) is 112 cm³/mol. The third-order valence-electron chi connectivity index (χ3n) is 5.86. The molecule has 0 aromatic heterocycles. The lowest BCUT2D eigenvalue weighted by Crippen LogP contribution is -2.57. The van der Waals surface area contributed by atoms with Crippen LogP contribution in [0.25, 0.3) is 0 Å². The maximum atomic E-state index is 13.0. The van der Waals surface area contributed by atoms with Gasteiger partial charge in [-0.2, -0.15) is 0 Å². The molecule has 2 heterocycles. The van der Waals surface area contributed by atoms with Crippen LogP contribution >= 0.6 is 0 Å². The molecule has 0 bridgehead atoms. The number of methoxy groups -OCH3 is 1. The second-order valence-corrected chi connectivity index (χ2v) is 7.49. The standard InChI is InChI=1S/C23H27N3O3/c1-3-25-19-14-16(22(27)24-15-17-8-4-5-9-20(17)29-2)11-12-18(19)23(28)26-13-7-6-10-21(25)26/h4-5,8-9,11-12,14,21H,3,6-7,10,13,15H2,1-2H3,(H,24,27)/t21-/m0/s1. The van der Waals surface area contributed by atoms with Crippen molar-refractivity contribution in [2.45, 2.75) is 38.9 Å². The van der Waals surface area contributed by atoms with E-state index in [4.69, 9.17) is 4.74 Å². The number of para-hydroxylation sites is 1. The number of ether oxygens (including phenoxy) is 1. The van der Waals surface area contributed by atoms with Gasteiger partial charge in [-0.3, -0.25) is 9.59 Å². The van der Waals surface area contributed by atoms with Crippen molar-refractivity contribution in [1.82, 2.24) is 10.2 Å². The Morgan fingerprint density at radius 1 is 1.21 bits per heavy atom. The van der Waals surface area contributed by atoms with E-state index in [1.54, 1.807) is 19.2 Å². The van der Waals surface area contributed by atoms with Gasteiger partial charge in [-0.1, -0.05) is 18.2 Å². The monoisotopic (exact) mass is 393 g/mol. The lowest BCUT2D eigenvalue weighted by atomic mass is 9.97. The lowest BCUT2D eigenvalue weighted by Gasteiger charge is -2.47. The Bertz CT molecular complexity index is 927. The van der Waals surface area contributed by atoms with Gasteiger partial charge in [0.1, 0.15) is 11.9 Å². The molecule has 2 aliphatic heterocycles. The number of carbonyl (C=O) groups is 2. The van der Waals surface area contributed by atoms with E-state index in [9.17, 15) is 9.59 Å². The van der Waals surface area contributed by atoms with Gasteiger partial charge in [0.05, 0.1) is 18.4 Å². The first kappa shape index (κ1) is 19.3. The molecule has 0 saturated carbocycles. The minimum atomic E-state index is -0.159. The van der Waals surface area contributed by atoms with E-state index in [2.05, 4.69) is 17.1 Å². The molecule has 4 rings (SSSR count). The van der Waals surface area contributed by atoms with E-state index < -0.39 is 0 Å². The van der Waals surface area contributed by atoms with Crippen molar-refractivity contribution in [3.63, 3.8) is 0 Å². The quantitative estimate of drug-likeness (QED) is 0.846. The highest BCUT2D eigenvalue weighted by atomic mass is 16.5. The van der Waals surface area contributed by atoms with Gasteiger partial charge in [0.15, 0.2) is 0 Å². The van der Waals surface area contributed by atoms with Gasteiger partial charge in [0.2, 0.25) is 0 Å². The summed E-state index contributed by atoms with van der Waals surface area (Å²) < 4.78 is 5.35. The summed E-state index contributed by atoms with van der Waals surface area (Å²) in [7, 11) is 1.62. The van der Waals surface area contributed by atoms with Gasteiger partial charge in [-0.05, 0) is 50.5 Å². The molecule has 0 aliphatic carbocycles. The Kier molecular flexibility index (Phi) is 5.43. The summed E-state index contributed by atoms with van der Waals surface area (Å²) in [5, 5.41) is 2.96. The van der Waals surface area contributed by atoms with Crippen molar-refractivity contribution in [1.29, 1.82) is 0 Å². The molecule has 29 heavy (non-hydrogen) atoms. The van der Waals surface area contributed by atoms with Crippen molar-refractivity contribution in [2.24, 2.45) is 0 Å². The summed E-state index contributed by atoms with van der Waals surface area (Å²) >= 11 is 0. The van der Waals surface area contributed by atoms with Crippen LogP contribution in [0.3, 0.4) is 0 Å². The predicted octanol–water partition coefficient (Wildman–Crippen LogP) is 3.42. The van der Waals surface area contributed by atoms with E-state index >= 15 is 0 Å². The zero-order valence-electron chi connectivity index (χ0n) is 17.0. The number of carbonyl (C=O) groups excluding carboxylic acids is 2. The summed E-state index contributed by atoms with van der Waals surface area (Å²) in [4.78, 5) is 30.0. The maximum absolute atomic E-state index is 13.0. The lowest BCUT2D eigenvalue weighted by molar-refractivity contribution is 0.0582. The smallest absolute Gasteiger partial charge is 0.257 e. The highest BCUT2D eigenvalue weighted by Gasteiger charge is 2.38. The Labute approximate surface area is 171 Å². The highest BCUT2D eigenvalue weighted by Crippen LogP contribution is 2.35. The van der Waals surface area contributed by atoms with Crippen molar-refractivity contribution in [3.05, 3.63) is 59.2 Å². The van der Waals surface area contributed by atoms with Gasteiger partial charge in [0.25, 0.3) is 11.8 Å². The van der Waals surface area contributed by atoms with Crippen LogP contribution < -0.4 is 15.0 Å². The van der Waals surface area contributed by atoms with Crippen LogP contribution in [0.15, 0.2) is 42.5 Å². The van der Waals surface area contributed by atoms with Crippen LogP contribution in [0.5, 0.6) is 5.75 Å². The molecular formula is C23H27N3O3. The maximum Gasteiger partial charge on any atom is 0.257 e. The van der Waals surface area contributed by atoms with Gasteiger partial charge >= 0.3 is 0 Å². The molecule has 152 valence electrons. The number of piperidine rings is 1. The first-order chi connectivity index (χ1) is 14.1. The summed E-state index contributed by atoms with van der Waals surface area (Å²) in [5.41, 5.74) is 3.04. The zero-order chi connectivity index (χ0) is 20.4. The molecule has 1 saturated heterocycles. The number of fused-ring (bicyclic) bond motifs is 2. The number of anilines is 1. The SMILES string of the molecule is CCN1c2cc(C(=O)NCc3ccccc3OC)ccc2C(=O)N2CCCC[C@H]21. The van der Waals surface area contributed by atoms with Crippen LogP contribution in [-0.2, 0) is 6.54 Å². The zero-order valence-corrected chi connectivity index (χ0v) is 17.0. The van der Waals surface area contributed by atoms with E-state index in [1.165, 1.54) is 0 Å². The van der Waals surface area contributed by atoms with Crippen LogP contribution in [0, 0.1) is 0 Å². The van der Waals surface area contributed by atoms with Gasteiger partial charge < -0.3 is 19.9 Å². The minimum Gasteiger partial charge on any atom is -0.496 e. The molecule has 1 atom stereocenters. The molecular weight excluding hydrogens is 366 g/mol. The van der Waals surface area contributed by atoms with Crippen LogP contribution in [0.1, 0.15) is 52.5 Å². The Morgan fingerprint density at radius 2 is 2.03 bits per heavy atom. The number of benzene rings is 2. The van der Waals surface area contributed by atoms with E-state index in [0.717, 1.165) is 49.4 Å². The molecule has 2 aromatic carbocycles. The van der Waals surface area contributed by atoms with E-state index in [0.29, 0.717) is 17.7 Å². The van der Waals surface area contributed by atoms with Crippen LogP contribution in [0.2, 0.25) is 0 Å². The number of hydrogen-bond donors (Lipinski definition) is 1. The molecule has 0 radical (unpaired) electrons. The summed E-state index contributed by atoms with van der Waals surface area (Å²) in [6, 6.07) is 13.0. The summed E-state index contributed by atoms with van der Waals surface area (Å²) in [6.07, 6.45) is 3.25. The molecule has 6 heteroatoms. The van der Waals surface area contributed by atoms with E-state index in [1.807, 2.05) is 35.2 Å². The van der Waals surface area contributed by atoms with Gasteiger partial charge in [-0.25, -0.2) is 0 Å². The minimum absolute atomic E-state index is 0.0791. The third-order valence-corrected chi connectivity index (χ3v) is 5.86. The van der Waals surface area contributed by atoms with Crippen LogP contribution in [-0.4, -0.2) is 43.1 Å². The van der Waals surface area contributed by atoms with Crippen molar-refractivity contribution >= 4 is 17.5 Å². The molecule has 1 N–H and O–H groups in total. The number of rotatable bonds is 5. The van der Waals surface area contributed by atoms with Crippen molar-refractivity contribution < 1.29 is 14.3 Å². The fourth-order valence-corrected chi connectivity index (χ4v) is 4.39. The Morgan fingerprint density at radius 3 is 2.83 bits per heavy atom. The normalized spacial score (nSPS) is 18.1. The summed E-state index contributed by atoms with van der Waals surface area (Å²) in [5.74, 6) is 0.669. The number of hydrogen-bond acceptors (Lipinski definition) is 4. The molecule has 1 fully saturated rings. The molecule has 2 aliphatic rings. The Hall–Kier alpha value is -3.02. The second kappa shape index (κ2) is 8.15. The first-order valence-corrected chi connectivity index (χ1v) is 10.3. The second-order valence-electron chi connectivity index (χ2n) is 7.49. The largest absolute Gasteiger partial charge is 0.496 e. The molecule has 0 unspecified atom stereocenters. The van der Waals surface area contributed by atoms with Crippen molar-refractivity contribution in [2.75, 3.05) is 25.1 Å². The first-order valence-electron chi connectivity index (χ1n) is 10.3. The average Bonchev–Trinajstić information content (AvgIpc) is 2.77. The topological polar surface area (TPSA) is 61.9 Å². The molecule has 0 spiro atoms. The number of amides is 2. The average molecular weight is 393 g/mol. The Balaban J connectivity index is 1.57. The molecule has 6 nitrogen and oxygen atoms in total. The third kappa shape index (κ3) is 3.55. The van der Waals surface area contributed by atoms with E-state index in [-0.39, 0.29) is 18.0 Å². The summed E-state index contributed by atoms with van der Waals surface area (Å²) in [6.45, 7) is 4.09. The van der Waals surface area contributed by atoms with Gasteiger partial charge in [0, 0.05) is 30.8 Å². The molecule has 2 aromatic rings. The van der Waals surface area contributed by atoms with Gasteiger partial charge in [-0.15, -0.1) is 0 Å². The highest BCUT2D eigenvalue weighted by molar-refractivity contribution is 6.04.